The molecule has 2 aliphatic heterocycles. The van der Waals surface area contributed by atoms with Crippen molar-refractivity contribution in [3.05, 3.63) is 26.6 Å². The zero-order valence-electron chi connectivity index (χ0n) is 16.5. The van der Waals surface area contributed by atoms with Crippen LogP contribution in [0.5, 0.6) is 0 Å². The second kappa shape index (κ2) is 7.31. The molecule has 0 aliphatic carbocycles. The number of ether oxygens (including phenoxy) is 1. The zero-order chi connectivity index (χ0) is 20.0. The molecule has 28 heavy (non-hydrogen) atoms. The maximum absolute atomic E-state index is 12.7. The Bertz CT molecular complexity index is 999. The van der Waals surface area contributed by atoms with E-state index >= 15 is 0 Å². The van der Waals surface area contributed by atoms with E-state index in [0.29, 0.717) is 27.2 Å². The van der Waals surface area contributed by atoms with Crippen LogP contribution >= 0.6 is 11.3 Å². The molecule has 4 heterocycles. The second-order valence-electron chi connectivity index (χ2n) is 7.83. The highest BCUT2D eigenvalue weighted by atomic mass is 32.1. The predicted molar refractivity (Wildman–Crippen MR) is 107 cm³/mol. The van der Waals surface area contributed by atoms with Gasteiger partial charge in [0.2, 0.25) is 0 Å². The average Bonchev–Trinajstić information content (AvgIpc) is 3.25. The smallest absolute Gasteiger partial charge is 0.349 e. The first kappa shape index (κ1) is 19.1. The minimum absolute atomic E-state index is 0.0858. The Morgan fingerprint density at radius 3 is 2.64 bits per heavy atom. The highest BCUT2D eigenvalue weighted by Gasteiger charge is 2.30. The third kappa shape index (κ3) is 3.13. The van der Waals surface area contributed by atoms with Gasteiger partial charge in [-0.1, -0.05) is 0 Å². The number of aryl methyl sites for hydroxylation is 2. The number of likely N-dealkylation sites (tertiary alicyclic amines) is 1. The number of rotatable bonds is 3. The van der Waals surface area contributed by atoms with E-state index in [4.69, 9.17) is 4.74 Å². The zero-order valence-corrected chi connectivity index (χ0v) is 17.3. The number of thiophene rings is 1. The Balaban J connectivity index is 1.53. The van der Waals surface area contributed by atoms with Crippen LogP contribution in [0.2, 0.25) is 0 Å². The molecule has 0 bridgehead atoms. The number of hydrogen-bond donors (Lipinski definition) is 0. The topological polar surface area (TPSA) is 81.5 Å². The fraction of sp³-hybridized carbons (Fsp3) is 0.600. The summed E-state index contributed by atoms with van der Waals surface area (Å²) in [5.74, 6) is 0.0571. The van der Waals surface area contributed by atoms with E-state index in [0.717, 1.165) is 37.9 Å². The summed E-state index contributed by atoms with van der Waals surface area (Å²) >= 11 is 1.18. The molecule has 0 N–H and O–H groups in total. The van der Waals surface area contributed by atoms with E-state index in [1.807, 2.05) is 18.7 Å². The lowest BCUT2D eigenvalue weighted by molar-refractivity contribution is -0.140. The quantitative estimate of drug-likeness (QED) is 0.736. The molecule has 0 saturated carbocycles. The monoisotopic (exact) mass is 403 g/mol. The number of amides is 1. The Morgan fingerprint density at radius 2 is 1.93 bits per heavy atom. The van der Waals surface area contributed by atoms with Gasteiger partial charge in [-0.15, -0.1) is 11.3 Å². The van der Waals surface area contributed by atoms with Crippen molar-refractivity contribution in [2.45, 2.75) is 71.5 Å². The fourth-order valence-electron chi connectivity index (χ4n) is 4.45. The molecule has 0 unspecified atom stereocenters. The minimum atomic E-state index is -0.560. The first-order valence-corrected chi connectivity index (χ1v) is 10.7. The lowest BCUT2D eigenvalue weighted by Gasteiger charge is -2.38. The summed E-state index contributed by atoms with van der Waals surface area (Å²) < 4.78 is 7.03. The van der Waals surface area contributed by atoms with E-state index in [1.165, 1.54) is 11.3 Å². The van der Waals surface area contributed by atoms with Gasteiger partial charge in [-0.25, -0.2) is 9.78 Å². The molecule has 7 nitrogen and oxygen atoms in total. The fourth-order valence-corrected chi connectivity index (χ4v) is 5.53. The highest BCUT2D eigenvalue weighted by Crippen LogP contribution is 2.29. The molecule has 2 aromatic rings. The molecule has 0 spiro atoms. The van der Waals surface area contributed by atoms with E-state index in [2.05, 4.69) is 4.98 Å². The molecule has 1 amide bonds. The lowest BCUT2D eigenvalue weighted by Crippen LogP contribution is -2.49. The molecular formula is C20H25N3O4S. The Kier molecular flexibility index (Phi) is 4.99. The molecule has 2 aliphatic rings. The third-order valence-corrected chi connectivity index (χ3v) is 7.07. The standard InChI is InChI=1S/C20H25N3O4S/c1-11-6-4-7-12(2)23(11)15(24)10-27-20(26)17-13(3)16-18(28-17)21-14-8-5-9-22(14)19(16)25/h11-12H,4-10H2,1-3H3/t11-,12+. The van der Waals surface area contributed by atoms with Crippen LogP contribution in [0.25, 0.3) is 10.2 Å². The Morgan fingerprint density at radius 1 is 1.21 bits per heavy atom. The van der Waals surface area contributed by atoms with Crippen molar-refractivity contribution in [2.24, 2.45) is 0 Å². The molecule has 1 fully saturated rings. The maximum Gasteiger partial charge on any atom is 0.349 e. The van der Waals surface area contributed by atoms with Crippen LogP contribution in [-0.2, 0) is 22.5 Å². The van der Waals surface area contributed by atoms with Crippen LogP contribution in [0.3, 0.4) is 0 Å². The Hall–Kier alpha value is -2.22. The van der Waals surface area contributed by atoms with Gasteiger partial charge in [0.15, 0.2) is 6.61 Å². The number of esters is 1. The molecule has 1 saturated heterocycles. The molecule has 0 aromatic carbocycles. The van der Waals surface area contributed by atoms with Gasteiger partial charge in [-0.2, -0.15) is 0 Å². The first-order chi connectivity index (χ1) is 13.4. The number of hydrogen-bond acceptors (Lipinski definition) is 6. The summed E-state index contributed by atoms with van der Waals surface area (Å²) in [6.45, 7) is 6.21. The van der Waals surface area contributed by atoms with Gasteiger partial charge in [-0.3, -0.25) is 14.2 Å². The summed E-state index contributed by atoms with van der Waals surface area (Å²) in [4.78, 5) is 45.3. The average molecular weight is 404 g/mol. The number of piperidine rings is 1. The van der Waals surface area contributed by atoms with Gasteiger partial charge in [0.05, 0.1) is 5.39 Å². The number of fused-ring (bicyclic) bond motifs is 2. The van der Waals surface area contributed by atoms with Crippen LogP contribution in [0.1, 0.15) is 60.6 Å². The minimum Gasteiger partial charge on any atom is -0.451 e. The van der Waals surface area contributed by atoms with E-state index in [-0.39, 0.29) is 30.2 Å². The van der Waals surface area contributed by atoms with Crippen molar-refractivity contribution in [1.29, 1.82) is 0 Å². The number of carbonyl (C=O) groups excluding carboxylic acids is 2. The summed E-state index contributed by atoms with van der Waals surface area (Å²) in [6, 6.07) is 0.320. The highest BCUT2D eigenvalue weighted by molar-refractivity contribution is 7.20. The largest absolute Gasteiger partial charge is 0.451 e. The van der Waals surface area contributed by atoms with Gasteiger partial charge < -0.3 is 9.64 Å². The molecular weight excluding hydrogens is 378 g/mol. The molecule has 0 radical (unpaired) electrons. The summed E-state index contributed by atoms with van der Waals surface area (Å²) in [6.07, 6.45) is 4.75. The van der Waals surface area contributed by atoms with Gasteiger partial charge in [-0.05, 0) is 52.0 Å². The van der Waals surface area contributed by atoms with Gasteiger partial charge >= 0.3 is 5.97 Å². The van der Waals surface area contributed by atoms with Crippen molar-refractivity contribution in [3.63, 3.8) is 0 Å². The van der Waals surface area contributed by atoms with Crippen LogP contribution in [-0.4, -0.2) is 45.0 Å². The summed E-state index contributed by atoms with van der Waals surface area (Å²) in [5.41, 5.74) is 0.509. The maximum atomic E-state index is 12.7. The van der Waals surface area contributed by atoms with Crippen molar-refractivity contribution in [1.82, 2.24) is 14.5 Å². The van der Waals surface area contributed by atoms with Crippen molar-refractivity contribution >= 4 is 33.4 Å². The van der Waals surface area contributed by atoms with Crippen molar-refractivity contribution in [2.75, 3.05) is 6.61 Å². The number of nitrogens with zero attached hydrogens (tertiary/aromatic N) is 3. The van der Waals surface area contributed by atoms with Gasteiger partial charge in [0.25, 0.3) is 11.5 Å². The van der Waals surface area contributed by atoms with Crippen LogP contribution in [0.15, 0.2) is 4.79 Å². The predicted octanol–water partition coefficient (Wildman–Crippen LogP) is 2.66. The van der Waals surface area contributed by atoms with Gasteiger partial charge in [0, 0.05) is 25.0 Å². The summed E-state index contributed by atoms with van der Waals surface area (Å²) in [7, 11) is 0. The second-order valence-corrected chi connectivity index (χ2v) is 8.83. The molecule has 150 valence electrons. The molecule has 8 heteroatoms. The van der Waals surface area contributed by atoms with Crippen molar-refractivity contribution in [3.8, 4) is 0 Å². The molecule has 2 aromatic heterocycles. The van der Waals surface area contributed by atoms with Crippen LogP contribution in [0.4, 0.5) is 0 Å². The molecule has 2 atom stereocenters. The number of carbonyl (C=O) groups is 2. The SMILES string of the molecule is Cc1c(C(=O)OCC(=O)N2[C@H](C)CCC[C@@H]2C)sc2nc3n(c(=O)c12)CCC3. The van der Waals surface area contributed by atoms with Crippen LogP contribution < -0.4 is 5.56 Å². The number of aromatic nitrogens is 2. The van der Waals surface area contributed by atoms with Crippen molar-refractivity contribution < 1.29 is 14.3 Å². The van der Waals surface area contributed by atoms with Crippen LogP contribution in [0, 0.1) is 6.92 Å². The van der Waals surface area contributed by atoms with E-state index in [9.17, 15) is 14.4 Å². The normalized spacial score (nSPS) is 21.8. The summed E-state index contributed by atoms with van der Waals surface area (Å²) in [5, 5.41) is 0.493. The van der Waals surface area contributed by atoms with Gasteiger partial charge in [0.1, 0.15) is 15.5 Å². The van der Waals surface area contributed by atoms with E-state index < -0.39 is 5.97 Å². The third-order valence-electron chi connectivity index (χ3n) is 5.91. The Labute approximate surface area is 167 Å². The lowest BCUT2D eigenvalue weighted by atomic mass is 9.97. The first-order valence-electron chi connectivity index (χ1n) is 9.89. The molecule has 4 rings (SSSR count). The van der Waals surface area contributed by atoms with E-state index in [1.54, 1.807) is 11.5 Å².